The monoisotopic (exact) mass is 514 g/mol. The Morgan fingerprint density at radius 2 is 1.83 bits per heavy atom. The van der Waals surface area contributed by atoms with Gasteiger partial charge in [0.2, 0.25) is 11.8 Å². The van der Waals surface area contributed by atoms with Crippen molar-refractivity contribution < 1.29 is 14.3 Å². The Morgan fingerprint density at radius 1 is 1.17 bits per heavy atom. The molecule has 0 saturated heterocycles. The molecule has 2 amide bonds. The van der Waals surface area contributed by atoms with E-state index >= 15 is 0 Å². The van der Waals surface area contributed by atoms with Crippen molar-refractivity contribution in [3.05, 3.63) is 24.0 Å². The average Bonchev–Trinajstić information content (AvgIpc) is 3.49. The second kappa shape index (κ2) is 10.7. The molecule has 8 heteroatoms. The van der Waals surface area contributed by atoms with Gasteiger partial charge in [-0.2, -0.15) is 0 Å². The quantitative estimate of drug-likeness (QED) is 0.299. The van der Waals surface area contributed by atoms with E-state index in [0.29, 0.717) is 6.61 Å². The summed E-state index contributed by atoms with van der Waals surface area (Å²) in [6, 6.07) is 6.20. The summed E-state index contributed by atoms with van der Waals surface area (Å²) in [5, 5.41) is 10.7. The van der Waals surface area contributed by atoms with Crippen molar-refractivity contribution >= 4 is 40.3 Å². The highest BCUT2D eigenvalue weighted by atomic mass is 32.2. The summed E-state index contributed by atoms with van der Waals surface area (Å²) in [4.78, 5) is 31.4. The van der Waals surface area contributed by atoms with E-state index in [0.717, 1.165) is 40.6 Å². The fourth-order valence-corrected chi connectivity index (χ4v) is 5.14. The molecule has 0 atom stereocenters. The van der Waals surface area contributed by atoms with Gasteiger partial charge in [0.15, 0.2) is 0 Å². The van der Waals surface area contributed by atoms with Crippen LogP contribution in [0.1, 0.15) is 73.6 Å². The first-order valence-electron chi connectivity index (χ1n) is 12.7. The van der Waals surface area contributed by atoms with Crippen molar-refractivity contribution in [2.75, 3.05) is 13.7 Å². The number of hydrogen-bond donors (Lipinski definition) is 2. The van der Waals surface area contributed by atoms with Gasteiger partial charge in [0.1, 0.15) is 5.82 Å². The van der Waals surface area contributed by atoms with Crippen LogP contribution in [0.5, 0.6) is 0 Å². The molecule has 1 aromatic heterocycles. The third kappa shape index (κ3) is 7.42. The maximum absolute atomic E-state index is 13.0. The molecule has 1 fully saturated rings. The SMILES string of the molecule is COCC(C)(C)C(=N)CC(=O)NC(=O)C(C)(C)Sc1ccc2c(c1)nc(CC(C)(C)C)n2CC1CC1. The van der Waals surface area contributed by atoms with Crippen LogP contribution in [-0.4, -0.2) is 45.5 Å². The van der Waals surface area contributed by atoms with Crippen LogP contribution >= 0.6 is 11.8 Å². The third-order valence-electron chi connectivity index (χ3n) is 6.46. The predicted octanol–water partition coefficient (Wildman–Crippen LogP) is 5.63. The van der Waals surface area contributed by atoms with Gasteiger partial charge in [0.05, 0.1) is 28.8 Å². The summed E-state index contributed by atoms with van der Waals surface area (Å²) in [7, 11) is 1.57. The van der Waals surface area contributed by atoms with E-state index < -0.39 is 16.1 Å². The molecule has 3 rings (SSSR count). The molecule has 36 heavy (non-hydrogen) atoms. The van der Waals surface area contributed by atoms with Gasteiger partial charge in [-0.1, -0.05) is 34.6 Å². The minimum absolute atomic E-state index is 0.135. The second-order valence-electron chi connectivity index (χ2n) is 12.4. The number of aromatic nitrogens is 2. The average molecular weight is 515 g/mol. The molecule has 0 aliphatic heterocycles. The van der Waals surface area contributed by atoms with Crippen molar-refractivity contribution in [2.24, 2.45) is 16.7 Å². The number of carbonyl (C=O) groups is 2. The molecule has 0 unspecified atom stereocenters. The number of imide groups is 1. The van der Waals surface area contributed by atoms with Gasteiger partial charge in [-0.3, -0.25) is 14.9 Å². The van der Waals surface area contributed by atoms with Gasteiger partial charge in [-0.15, -0.1) is 11.8 Å². The summed E-state index contributed by atoms with van der Waals surface area (Å²) in [5.74, 6) is 1.02. The first-order valence-corrected chi connectivity index (χ1v) is 13.5. The molecule has 2 N–H and O–H groups in total. The van der Waals surface area contributed by atoms with Crippen LogP contribution in [0.3, 0.4) is 0 Å². The molecule has 1 saturated carbocycles. The van der Waals surface area contributed by atoms with Gasteiger partial charge in [0.25, 0.3) is 0 Å². The summed E-state index contributed by atoms with van der Waals surface area (Å²) in [6.07, 6.45) is 3.34. The van der Waals surface area contributed by atoms with Gasteiger partial charge >= 0.3 is 0 Å². The number of carbonyl (C=O) groups excluding carboxylic acids is 2. The zero-order chi connectivity index (χ0) is 26.9. The zero-order valence-electron chi connectivity index (χ0n) is 23.1. The molecule has 198 valence electrons. The van der Waals surface area contributed by atoms with E-state index in [1.54, 1.807) is 21.0 Å². The van der Waals surface area contributed by atoms with E-state index in [1.165, 1.54) is 24.6 Å². The van der Waals surface area contributed by atoms with Crippen LogP contribution < -0.4 is 5.32 Å². The fourth-order valence-electron chi connectivity index (χ4n) is 4.10. The first kappa shape index (κ1) is 28.4. The van der Waals surface area contributed by atoms with Crippen molar-refractivity contribution in [1.29, 1.82) is 5.41 Å². The normalized spacial score (nSPS) is 14.8. The number of rotatable bonds is 11. The third-order valence-corrected chi connectivity index (χ3v) is 7.64. The molecule has 0 radical (unpaired) electrons. The Hall–Kier alpha value is -2.19. The largest absolute Gasteiger partial charge is 0.384 e. The van der Waals surface area contributed by atoms with Gasteiger partial charge in [-0.25, -0.2) is 4.98 Å². The minimum atomic E-state index is -0.877. The van der Waals surface area contributed by atoms with Crippen molar-refractivity contribution in [3.63, 3.8) is 0 Å². The Morgan fingerprint density at radius 3 is 2.42 bits per heavy atom. The van der Waals surface area contributed by atoms with Crippen molar-refractivity contribution in [2.45, 2.75) is 90.3 Å². The number of thioether (sulfide) groups is 1. The Kier molecular flexibility index (Phi) is 8.40. The predicted molar refractivity (Wildman–Crippen MR) is 147 cm³/mol. The number of ether oxygens (including phenoxy) is 1. The topological polar surface area (TPSA) is 97.1 Å². The Balaban J connectivity index is 1.72. The highest BCUT2D eigenvalue weighted by Crippen LogP contribution is 2.37. The van der Waals surface area contributed by atoms with Crippen LogP contribution in [0.4, 0.5) is 0 Å². The number of methoxy groups -OCH3 is 1. The minimum Gasteiger partial charge on any atom is -0.384 e. The van der Waals surface area contributed by atoms with Gasteiger partial charge in [-0.05, 0) is 56.2 Å². The molecule has 1 aliphatic carbocycles. The lowest BCUT2D eigenvalue weighted by molar-refractivity contribution is -0.130. The van der Waals surface area contributed by atoms with Crippen LogP contribution in [0.25, 0.3) is 11.0 Å². The van der Waals surface area contributed by atoms with Crippen LogP contribution in [-0.2, 0) is 27.3 Å². The molecular formula is C28H42N4O3S. The Labute approximate surface area is 219 Å². The van der Waals surface area contributed by atoms with Gasteiger partial charge in [0, 0.05) is 36.1 Å². The highest BCUT2D eigenvalue weighted by Gasteiger charge is 2.33. The van der Waals surface area contributed by atoms with E-state index in [-0.39, 0.29) is 23.5 Å². The standard InChI is InChI=1S/C28H42N4O3S/c1-26(2,3)15-23-30-20-13-19(11-12-21(20)32(23)16-18-9-10-18)36-28(6,7)25(34)31-24(33)14-22(29)27(4,5)17-35-8/h11-13,18,29H,9-10,14-17H2,1-8H3,(H,31,33,34). The van der Waals surface area contributed by atoms with E-state index in [4.69, 9.17) is 15.1 Å². The molecule has 2 aromatic rings. The van der Waals surface area contributed by atoms with Crippen LogP contribution in [0.2, 0.25) is 0 Å². The number of benzene rings is 1. The molecule has 0 bridgehead atoms. The number of amides is 2. The number of nitrogens with zero attached hydrogens (tertiary/aromatic N) is 2. The summed E-state index contributed by atoms with van der Waals surface area (Å²) < 4.78 is 6.65. The molecule has 1 heterocycles. The van der Waals surface area contributed by atoms with Crippen molar-refractivity contribution in [3.8, 4) is 0 Å². The zero-order valence-corrected chi connectivity index (χ0v) is 23.9. The van der Waals surface area contributed by atoms with Crippen LogP contribution in [0.15, 0.2) is 23.1 Å². The molecular weight excluding hydrogens is 472 g/mol. The lowest BCUT2D eigenvalue weighted by Crippen LogP contribution is -2.44. The summed E-state index contributed by atoms with van der Waals surface area (Å²) in [5.41, 5.74) is 1.89. The lowest BCUT2D eigenvalue weighted by atomic mass is 9.86. The number of hydrogen-bond acceptors (Lipinski definition) is 6. The van der Waals surface area contributed by atoms with E-state index in [9.17, 15) is 9.59 Å². The molecule has 0 spiro atoms. The maximum Gasteiger partial charge on any atom is 0.242 e. The van der Waals surface area contributed by atoms with E-state index in [1.807, 2.05) is 19.9 Å². The van der Waals surface area contributed by atoms with E-state index in [2.05, 4.69) is 42.8 Å². The first-order chi connectivity index (χ1) is 16.6. The number of nitrogens with one attached hydrogen (secondary N) is 2. The molecule has 7 nitrogen and oxygen atoms in total. The summed E-state index contributed by atoms with van der Waals surface area (Å²) in [6.45, 7) is 15.4. The van der Waals surface area contributed by atoms with Crippen LogP contribution in [0, 0.1) is 22.2 Å². The molecule has 1 aliphatic rings. The fraction of sp³-hybridized carbons (Fsp3) is 0.643. The second-order valence-corrected chi connectivity index (χ2v) is 14.1. The number of imidazole rings is 1. The highest BCUT2D eigenvalue weighted by molar-refractivity contribution is 8.01. The smallest absolute Gasteiger partial charge is 0.242 e. The van der Waals surface area contributed by atoms with Gasteiger partial charge < -0.3 is 14.7 Å². The lowest BCUT2D eigenvalue weighted by Gasteiger charge is -2.25. The Bertz CT molecular complexity index is 1140. The maximum atomic E-state index is 13.0. The number of fused-ring (bicyclic) bond motifs is 1. The van der Waals surface area contributed by atoms with Crippen molar-refractivity contribution in [1.82, 2.24) is 14.9 Å². The molecule has 1 aromatic carbocycles. The summed E-state index contributed by atoms with van der Waals surface area (Å²) >= 11 is 1.41.